The molecule has 1 aliphatic heterocycles. The number of hydrogen-bond donors (Lipinski definition) is 1. The molecule has 1 fully saturated rings. The number of nitrogens with zero attached hydrogens (tertiary/aromatic N) is 1. The molecule has 1 rings (SSSR count). The van der Waals surface area contributed by atoms with Gasteiger partial charge in [0.15, 0.2) is 0 Å². The minimum Gasteiger partial charge on any atom is -0.784 e. The highest BCUT2D eigenvalue weighted by atomic mass is 16.5. The van der Waals surface area contributed by atoms with Crippen LogP contribution in [0.25, 0.3) is 0 Å². The zero-order valence-corrected chi connectivity index (χ0v) is 8.89. The molecular weight excluding hydrogens is 168 g/mol. The Morgan fingerprint density at radius 1 is 1.46 bits per heavy atom. The molecule has 0 saturated carbocycles. The molecule has 1 N–H and O–H groups in total. The van der Waals surface area contributed by atoms with Crippen LogP contribution in [0, 0.1) is 5.21 Å². The van der Waals surface area contributed by atoms with Gasteiger partial charge in [0.1, 0.15) is 0 Å². The zero-order chi connectivity index (χ0) is 10.1. The van der Waals surface area contributed by atoms with E-state index >= 15 is 0 Å². The summed E-state index contributed by atoms with van der Waals surface area (Å²) in [6, 6.07) is 0. The normalized spacial score (nSPS) is 21.7. The van der Waals surface area contributed by atoms with Crippen molar-refractivity contribution in [3.8, 4) is 0 Å². The number of hydrogen-bond acceptors (Lipinski definition) is 4. The zero-order valence-electron chi connectivity index (χ0n) is 8.89. The Kier molecular flexibility index (Phi) is 2.97. The Morgan fingerprint density at radius 2 is 2.00 bits per heavy atom. The van der Waals surface area contributed by atoms with Crippen molar-refractivity contribution in [2.24, 2.45) is 0 Å². The molecule has 0 atom stereocenters. The maximum atomic E-state index is 11.5. The molecule has 0 radical (unpaired) electrons. The third-order valence-electron chi connectivity index (χ3n) is 2.24. The Morgan fingerprint density at radius 3 is 2.31 bits per heavy atom. The van der Waals surface area contributed by atoms with Crippen molar-refractivity contribution in [1.29, 1.82) is 0 Å². The van der Waals surface area contributed by atoms with Gasteiger partial charge in [-0.1, -0.05) is 0 Å². The van der Waals surface area contributed by atoms with Gasteiger partial charge in [-0.15, -0.1) is 0 Å². The summed E-state index contributed by atoms with van der Waals surface area (Å²) in [5.41, 5.74) is -0.318. The van der Waals surface area contributed by atoms with Crippen LogP contribution in [0.4, 0.5) is 0 Å². The van der Waals surface area contributed by atoms with Crippen molar-refractivity contribution < 1.29 is 4.74 Å². The van der Waals surface area contributed by atoms with Crippen LogP contribution < -0.4 is 5.32 Å². The van der Waals surface area contributed by atoms with Crippen molar-refractivity contribution in [2.45, 2.75) is 38.8 Å². The molecule has 4 heteroatoms. The predicted molar refractivity (Wildman–Crippen MR) is 52.2 cm³/mol. The van der Waals surface area contributed by atoms with E-state index in [4.69, 9.17) is 4.74 Å². The highest BCUT2D eigenvalue weighted by molar-refractivity contribution is 4.90. The van der Waals surface area contributed by atoms with Crippen LogP contribution in [0.3, 0.4) is 0 Å². The first-order valence-electron chi connectivity index (χ1n) is 4.61. The summed E-state index contributed by atoms with van der Waals surface area (Å²) in [6.07, 6.45) is 0. The molecule has 0 aromatic carbocycles. The highest BCUT2D eigenvalue weighted by Crippen LogP contribution is 2.16. The first-order chi connectivity index (χ1) is 5.83. The monoisotopic (exact) mass is 187 g/mol. The van der Waals surface area contributed by atoms with Crippen molar-refractivity contribution in [3.63, 3.8) is 0 Å². The third kappa shape index (κ3) is 2.91. The lowest BCUT2D eigenvalue weighted by Crippen LogP contribution is -2.61. The van der Waals surface area contributed by atoms with Crippen LogP contribution in [-0.2, 0) is 4.74 Å². The van der Waals surface area contributed by atoms with Gasteiger partial charge in [0, 0.05) is 12.2 Å². The fraction of sp³-hybridized carbons (Fsp3) is 1.00. The SMILES string of the molecule is CC1(NCN([O-])C(C)(C)C)COC1. The lowest BCUT2D eigenvalue weighted by atomic mass is 10.0. The van der Waals surface area contributed by atoms with Crippen LogP contribution in [0.1, 0.15) is 27.7 Å². The van der Waals surface area contributed by atoms with E-state index in [1.165, 1.54) is 0 Å². The average Bonchev–Trinajstić information content (AvgIpc) is 1.94. The van der Waals surface area contributed by atoms with Gasteiger partial charge in [0.25, 0.3) is 0 Å². The van der Waals surface area contributed by atoms with Gasteiger partial charge in [-0.25, -0.2) is 0 Å². The first-order valence-corrected chi connectivity index (χ1v) is 4.61. The molecule has 0 unspecified atom stereocenters. The molecule has 0 aliphatic carbocycles. The van der Waals surface area contributed by atoms with Gasteiger partial charge in [0.2, 0.25) is 0 Å². The third-order valence-corrected chi connectivity index (χ3v) is 2.24. The molecule has 0 spiro atoms. The second-order valence-electron chi connectivity index (χ2n) is 4.94. The summed E-state index contributed by atoms with van der Waals surface area (Å²) in [5, 5.41) is 15.7. The van der Waals surface area contributed by atoms with E-state index in [1.54, 1.807) is 0 Å². The second kappa shape index (κ2) is 3.53. The summed E-state index contributed by atoms with van der Waals surface area (Å²) < 4.78 is 5.07. The second-order valence-corrected chi connectivity index (χ2v) is 4.94. The fourth-order valence-corrected chi connectivity index (χ4v) is 1.01. The summed E-state index contributed by atoms with van der Waals surface area (Å²) >= 11 is 0. The Labute approximate surface area is 79.8 Å². The molecular formula is C9H19N2O2-. The number of rotatable bonds is 3. The van der Waals surface area contributed by atoms with Gasteiger partial charge >= 0.3 is 0 Å². The molecule has 13 heavy (non-hydrogen) atoms. The van der Waals surface area contributed by atoms with E-state index in [2.05, 4.69) is 12.2 Å². The smallest absolute Gasteiger partial charge is 0.0669 e. The van der Waals surface area contributed by atoms with Crippen LogP contribution in [0.5, 0.6) is 0 Å². The van der Waals surface area contributed by atoms with Crippen LogP contribution in [0.2, 0.25) is 0 Å². The molecule has 1 heterocycles. The van der Waals surface area contributed by atoms with Gasteiger partial charge < -0.3 is 15.0 Å². The molecule has 0 amide bonds. The predicted octanol–water partition coefficient (Wildman–Crippen LogP) is 0.921. The summed E-state index contributed by atoms with van der Waals surface area (Å²) in [5.74, 6) is 0. The molecule has 0 aromatic rings. The molecule has 78 valence electrons. The van der Waals surface area contributed by atoms with Gasteiger partial charge in [0.05, 0.1) is 18.8 Å². The van der Waals surface area contributed by atoms with Crippen molar-refractivity contribution in [3.05, 3.63) is 5.21 Å². The molecule has 1 saturated heterocycles. The van der Waals surface area contributed by atoms with E-state index in [9.17, 15) is 5.21 Å². The maximum absolute atomic E-state index is 11.5. The first kappa shape index (κ1) is 10.9. The largest absolute Gasteiger partial charge is 0.784 e. The summed E-state index contributed by atoms with van der Waals surface area (Å²) in [4.78, 5) is 0. The fourth-order valence-electron chi connectivity index (χ4n) is 1.01. The summed E-state index contributed by atoms with van der Waals surface area (Å²) in [7, 11) is 0. The Hall–Kier alpha value is -0.160. The molecule has 1 aliphatic rings. The highest BCUT2D eigenvalue weighted by Gasteiger charge is 2.32. The molecule has 0 aromatic heterocycles. The van der Waals surface area contributed by atoms with E-state index in [0.717, 1.165) is 5.06 Å². The minimum absolute atomic E-state index is 0.00785. The van der Waals surface area contributed by atoms with Gasteiger partial charge in [-0.2, -0.15) is 0 Å². The minimum atomic E-state index is -0.325. The van der Waals surface area contributed by atoms with Gasteiger partial charge in [-0.3, -0.25) is 5.32 Å². The summed E-state index contributed by atoms with van der Waals surface area (Å²) in [6.45, 7) is 9.54. The van der Waals surface area contributed by atoms with E-state index < -0.39 is 0 Å². The standard InChI is InChI=1S/C9H19N2O2/c1-8(2,3)11(12)7-10-9(4)5-13-6-9/h10H,5-7H2,1-4H3/q-1. The molecule has 4 nitrogen and oxygen atoms in total. The lowest BCUT2D eigenvalue weighted by molar-refractivity contribution is -0.0706. The number of nitrogens with one attached hydrogen (secondary N) is 1. The number of hydroxylamine groups is 2. The maximum Gasteiger partial charge on any atom is 0.0669 e. The lowest BCUT2D eigenvalue weighted by Gasteiger charge is -2.46. The van der Waals surface area contributed by atoms with Crippen LogP contribution in [-0.4, -0.2) is 36.0 Å². The van der Waals surface area contributed by atoms with Crippen LogP contribution >= 0.6 is 0 Å². The average molecular weight is 187 g/mol. The van der Waals surface area contributed by atoms with E-state index in [1.807, 2.05) is 20.8 Å². The van der Waals surface area contributed by atoms with Crippen LogP contribution in [0.15, 0.2) is 0 Å². The van der Waals surface area contributed by atoms with Crippen molar-refractivity contribution >= 4 is 0 Å². The Bertz CT molecular complexity index is 173. The number of ether oxygens (including phenoxy) is 1. The van der Waals surface area contributed by atoms with Gasteiger partial charge in [-0.05, 0) is 27.7 Å². The van der Waals surface area contributed by atoms with E-state index in [-0.39, 0.29) is 11.1 Å². The van der Waals surface area contributed by atoms with Crippen molar-refractivity contribution in [2.75, 3.05) is 19.9 Å². The van der Waals surface area contributed by atoms with E-state index in [0.29, 0.717) is 19.9 Å². The van der Waals surface area contributed by atoms with Crippen molar-refractivity contribution in [1.82, 2.24) is 10.4 Å². The topological polar surface area (TPSA) is 47.6 Å². The quantitative estimate of drug-likeness (QED) is 0.527. The Balaban J connectivity index is 2.26. The molecule has 0 bridgehead atoms.